The van der Waals surface area contributed by atoms with Crippen LogP contribution in [0, 0.1) is 5.92 Å². The van der Waals surface area contributed by atoms with Gasteiger partial charge >= 0.3 is 5.97 Å². The number of nitrogens with zero attached hydrogens (tertiary/aromatic N) is 1. The maximum Gasteiger partial charge on any atom is 0.310 e. The fraction of sp³-hybridized carbons (Fsp3) is 0.467. The standard InChI is InChI=1S/C15H20BrNO4/c1-11(15(20)21-2)10-17(8-3-9-18)14(19)12-4-6-13(16)7-5-12/h4-7,11,18H,3,8-10H2,1-2H3. The highest BCUT2D eigenvalue weighted by atomic mass is 79.9. The Kier molecular flexibility index (Phi) is 7.39. The third-order valence-corrected chi connectivity index (χ3v) is 3.59. The van der Waals surface area contributed by atoms with Gasteiger partial charge in [-0.25, -0.2) is 0 Å². The maximum atomic E-state index is 12.5. The second-order valence-electron chi connectivity index (χ2n) is 4.76. The molecule has 1 aromatic rings. The van der Waals surface area contributed by atoms with Crippen LogP contribution >= 0.6 is 15.9 Å². The van der Waals surface area contributed by atoms with Crippen LogP contribution in [0.4, 0.5) is 0 Å². The summed E-state index contributed by atoms with van der Waals surface area (Å²) in [4.78, 5) is 25.6. The van der Waals surface area contributed by atoms with E-state index in [1.807, 2.05) is 0 Å². The molecule has 0 saturated heterocycles. The summed E-state index contributed by atoms with van der Waals surface area (Å²) in [6.45, 7) is 2.37. The zero-order valence-corrected chi connectivity index (χ0v) is 13.8. The molecule has 0 spiro atoms. The van der Waals surface area contributed by atoms with Crippen LogP contribution in [0.5, 0.6) is 0 Å². The summed E-state index contributed by atoms with van der Waals surface area (Å²) in [6.07, 6.45) is 0.468. The van der Waals surface area contributed by atoms with Gasteiger partial charge in [-0.15, -0.1) is 0 Å². The molecule has 116 valence electrons. The van der Waals surface area contributed by atoms with E-state index in [4.69, 9.17) is 5.11 Å². The third kappa shape index (κ3) is 5.47. The van der Waals surface area contributed by atoms with E-state index >= 15 is 0 Å². The number of aliphatic hydroxyl groups is 1. The van der Waals surface area contributed by atoms with Gasteiger partial charge in [0.15, 0.2) is 0 Å². The molecular formula is C15H20BrNO4. The number of amides is 1. The number of halogens is 1. The monoisotopic (exact) mass is 357 g/mol. The Balaban J connectivity index is 2.82. The summed E-state index contributed by atoms with van der Waals surface area (Å²) < 4.78 is 5.58. The molecule has 0 aliphatic carbocycles. The molecule has 1 amide bonds. The summed E-state index contributed by atoms with van der Waals surface area (Å²) in [6, 6.07) is 7.03. The number of carbonyl (C=O) groups excluding carboxylic acids is 2. The number of esters is 1. The van der Waals surface area contributed by atoms with E-state index in [0.29, 0.717) is 18.5 Å². The van der Waals surface area contributed by atoms with Crippen molar-refractivity contribution < 1.29 is 19.4 Å². The lowest BCUT2D eigenvalue weighted by Crippen LogP contribution is -2.38. The van der Waals surface area contributed by atoms with Gasteiger partial charge in [0.05, 0.1) is 13.0 Å². The van der Waals surface area contributed by atoms with Crippen LogP contribution < -0.4 is 0 Å². The van der Waals surface area contributed by atoms with Crippen molar-refractivity contribution in [3.05, 3.63) is 34.3 Å². The Morgan fingerprint density at radius 2 is 1.95 bits per heavy atom. The molecule has 1 unspecified atom stereocenters. The average molecular weight is 358 g/mol. The molecule has 0 fully saturated rings. The molecule has 0 aliphatic rings. The molecule has 21 heavy (non-hydrogen) atoms. The van der Waals surface area contributed by atoms with Gasteiger partial charge in [-0.1, -0.05) is 22.9 Å². The van der Waals surface area contributed by atoms with Gasteiger partial charge in [-0.3, -0.25) is 9.59 Å². The van der Waals surface area contributed by atoms with Crippen LogP contribution in [-0.2, 0) is 9.53 Å². The molecule has 0 heterocycles. The van der Waals surface area contributed by atoms with Gasteiger partial charge in [0.2, 0.25) is 0 Å². The summed E-state index contributed by atoms with van der Waals surface area (Å²) >= 11 is 3.32. The molecule has 0 bridgehead atoms. The van der Waals surface area contributed by atoms with Gasteiger partial charge in [0, 0.05) is 29.7 Å². The lowest BCUT2D eigenvalue weighted by Gasteiger charge is -2.25. The van der Waals surface area contributed by atoms with E-state index in [1.165, 1.54) is 7.11 Å². The quantitative estimate of drug-likeness (QED) is 0.758. The Morgan fingerprint density at radius 1 is 1.33 bits per heavy atom. The first-order valence-corrected chi connectivity index (χ1v) is 7.52. The van der Waals surface area contributed by atoms with Crippen LogP contribution in [0.1, 0.15) is 23.7 Å². The van der Waals surface area contributed by atoms with E-state index < -0.39 is 5.92 Å². The molecule has 0 radical (unpaired) electrons. The first-order chi connectivity index (χ1) is 9.99. The molecule has 6 heteroatoms. The number of benzene rings is 1. The second kappa shape index (κ2) is 8.79. The zero-order chi connectivity index (χ0) is 15.8. The van der Waals surface area contributed by atoms with Crippen molar-refractivity contribution >= 4 is 27.8 Å². The summed E-state index contributed by atoms with van der Waals surface area (Å²) in [5.41, 5.74) is 0.549. The fourth-order valence-corrected chi connectivity index (χ4v) is 2.18. The minimum Gasteiger partial charge on any atom is -0.469 e. The topological polar surface area (TPSA) is 66.8 Å². The summed E-state index contributed by atoms with van der Waals surface area (Å²) in [5.74, 6) is -0.924. The van der Waals surface area contributed by atoms with Gasteiger partial charge < -0.3 is 14.7 Å². The van der Waals surface area contributed by atoms with Crippen molar-refractivity contribution in [2.75, 3.05) is 26.8 Å². The first kappa shape index (κ1) is 17.7. The van der Waals surface area contributed by atoms with Crippen molar-refractivity contribution in [1.82, 2.24) is 4.90 Å². The van der Waals surface area contributed by atoms with E-state index in [0.717, 1.165) is 4.47 Å². The first-order valence-electron chi connectivity index (χ1n) is 6.73. The van der Waals surface area contributed by atoms with E-state index in [1.54, 1.807) is 36.1 Å². The lowest BCUT2D eigenvalue weighted by molar-refractivity contribution is -0.145. The molecule has 1 rings (SSSR count). The van der Waals surface area contributed by atoms with Crippen molar-refractivity contribution in [2.24, 2.45) is 5.92 Å². The minimum absolute atomic E-state index is 0.00325. The molecule has 0 saturated carbocycles. The molecule has 5 nitrogen and oxygen atoms in total. The largest absolute Gasteiger partial charge is 0.469 e. The molecule has 1 aromatic carbocycles. The number of aliphatic hydroxyl groups excluding tert-OH is 1. The van der Waals surface area contributed by atoms with Gasteiger partial charge in [0.1, 0.15) is 0 Å². The molecule has 1 N–H and O–H groups in total. The molecular weight excluding hydrogens is 338 g/mol. The normalized spacial score (nSPS) is 11.8. The number of ether oxygens (including phenoxy) is 1. The lowest BCUT2D eigenvalue weighted by atomic mass is 10.1. The van der Waals surface area contributed by atoms with Crippen LogP contribution in [0.3, 0.4) is 0 Å². The Hall–Kier alpha value is -1.40. The Labute approximate surface area is 133 Å². The predicted octanol–water partition coefficient (Wildman–Crippen LogP) is 2.08. The highest BCUT2D eigenvalue weighted by Gasteiger charge is 2.22. The third-order valence-electron chi connectivity index (χ3n) is 3.06. The maximum absolute atomic E-state index is 12.5. The molecule has 0 aliphatic heterocycles. The summed E-state index contributed by atoms with van der Waals surface area (Å²) in [7, 11) is 1.33. The van der Waals surface area contributed by atoms with Gasteiger partial charge in [0.25, 0.3) is 5.91 Å². The number of hydrogen-bond donors (Lipinski definition) is 1. The van der Waals surface area contributed by atoms with Crippen LogP contribution in [0.25, 0.3) is 0 Å². The van der Waals surface area contributed by atoms with Crippen LogP contribution in [-0.4, -0.2) is 48.7 Å². The second-order valence-corrected chi connectivity index (χ2v) is 5.68. The summed E-state index contributed by atoms with van der Waals surface area (Å²) in [5, 5.41) is 8.96. The number of rotatable bonds is 7. The van der Waals surface area contributed by atoms with E-state index in [9.17, 15) is 9.59 Å². The van der Waals surface area contributed by atoms with Crippen LogP contribution in [0.2, 0.25) is 0 Å². The molecule has 0 aromatic heterocycles. The van der Waals surface area contributed by atoms with Crippen LogP contribution in [0.15, 0.2) is 28.7 Å². The van der Waals surface area contributed by atoms with Crippen molar-refractivity contribution in [1.29, 1.82) is 0 Å². The fourth-order valence-electron chi connectivity index (χ4n) is 1.92. The van der Waals surface area contributed by atoms with E-state index in [2.05, 4.69) is 20.7 Å². The van der Waals surface area contributed by atoms with E-state index in [-0.39, 0.29) is 25.0 Å². The number of hydrogen-bond acceptors (Lipinski definition) is 4. The molecule has 1 atom stereocenters. The Bertz CT molecular complexity index is 475. The highest BCUT2D eigenvalue weighted by Crippen LogP contribution is 2.14. The van der Waals surface area contributed by atoms with Gasteiger partial charge in [-0.2, -0.15) is 0 Å². The average Bonchev–Trinajstić information content (AvgIpc) is 2.50. The number of carbonyl (C=O) groups is 2. The van der Waals surface area contributed by atoms with Gasteiger partial charge in [-0.05, 0) is 30.7 Å². The highest BCUT2D eigenvalue weighted by molar-refractivity contribution is 9.10. The zero-order valence-electron chi connectivity index (χ0n) is 12.2. The minimum atomic E-state index is -0.409. The predicted molar refractivity (Wildman–Crippen MR) is 82.9 cm³/mol. The van der Waals surface area contributed by atoms with Crippen molar-refractivity contribution in [3.63, 3.8) is 0 Å². The van der Waals surface area contributed by atoms with Crippen molar-refractivity contribution in [2.45, 2.75) is 13.3 Å². The smallest absolute Gasteiger partial charge is 0.310 e. The number of methoxy groups -OCH3 is 1. The Morgan fingerprint density at radius 3 is 2.48 bits per heavy atom. The van der Waals surface area contributed by atoms with Crippen molar-refractivity contribution in [3.8, 4) is 0 Å². The SMILES string of the molecule is COC(=O)C(C)CN(CCCO)C(=O)c1ccc(Br)cc1.